The highest BCUT2D eigenvalue weighted by Gasteiger charge is 2.18. The molecule has 0 saturated heterocycles. The molecule has 0 radical (unpaired) electrons. The Labute approximate surface area is 166 Å². The number of benzene rings is 2. The summed E-state index contributed by atoms with van der Waals surface area (Å²) in [4.78, 5) is 11.4. The van der Waals surface area contributed by atoms with Crippen molar-refractivity contribution >= 4 is 31.5 Å². The van der Waals surface area contributed by atoms with E-state index in [0.29, 0.717) is 12.1 Å². The zero-order chi connectivity index (χ0) is 21.8. The Kier molecular flexibility index (Phi) is 6.93. The van der Waals surface area contributed by atoms with Gasteiger partial charge in [0.15, 0.2) is 21.5 Å². The number of phenols is 1. The highest BCUT2D eigenvalue weighted by atomic mass is 32.2. The molecule has 0 fully saturated rings. The zero-order valence-electron chi connectivity index (χ0n) is 15.1. The zero-order valence-corrected chi connectivity index (χ0v) is 16.8. The van der Waals surface area contributed by atoms with Crippen molar-refractivity contribution < 1.29 is 35.5 Å². The second kappa shape index (κ2) is 8.84. The lowest BCUT2D eigenvalue weighted by atomic mass is 10.3. The van der Waals surface area contributed by atoms with Gasteiger partial charge < -0.3 is 10.4 Å². The quantitative estimate of drug-likeness (QED) is 0.528. The number of amides is 1. The summed E-state index contributed by atoms with van der Waals surface area (Å²) in [5, 5.41) is 12.1. The largest absolute Gasteiger partial charge is 0.506 e. The predicted octanol–water partition coefficient (Wildman–Crippen LogP) is 1.77. The van der Waals surface area contributed by atoms with Gasteiger partial charge in [0.2, 0.25) is 15.9 Å². The molecule has 12 heteroatoms. The number of carbonyl (C=O) groups is 1. The molecule has 3 N–H and O–H groups in total. The molecule has 158 valence electrons. The highest BCUT2D eigenvalue weighted by molar-refractivity contribution is 7.91. The first-order valence-electron chi connectivity index (χ1n) is 8.26. The summed E-state index contributed by atoms with van der Waals surface area (Å²) in [6, 6.07) is 5.45. The summed E-state index contributed by atoms with van der Waals surface area (Å²) in [5.74, 6) is -3.77. The van der Waals surface area contributed by atoms with Crippen LogP contribution in [-0.4, -0.2) is 40.1 Å². The third kappa shape index (κ3) is 5.71. The second-order valence-corrected chi connectivity index (χ2v) is 9.90. The lowest BCUT2D eigenvalue weighted by Gasteiger charge is -2.10. The molecule has 0 unspecified atom stereocenters. The number of anilines is 1. The molecule has 0 heterocycles. The van der Waals surface area contributed by atoms with Crippen molar-refractivity contribution in [2.75, 3.05) is 17.6 Å². The molecule has 8 nitrogen and oxygen atoms in total. The van der Waals surface area contributed by atoms with Crippen molar-refractivity contribution in [3.05, 3.63) is 48.0 Å². The summed E-state index contributed by atoms with van der Waals surface area (Å²) in [5.41, 5.74) is -0.145. The number of rotatable bonds is 8. The Morgan fingerprint density at radius 3 is 2.28 bits per heavy atom. The first-order valence-corrected chi connectivity index (χ1v) is 11.4. The lowest BCUT2D eigenvalue weighted by Crippen LogP contribution is -2.28. The van der Waals surface area contributed by atoms with Crippen LogP contribution < -0.4 is 10.0 Å². The van der Waals surface area contributed by atoms with Gasteiger partial charge in [-0.3, -0.25) is 4.79 Å². The molecule has 0 aliphatic rings. The standard InChI is InChI=1S/C17H18F2N2O6S2/c1-2-28(24,25)11-4-6-16(22)15(10-11)21-17(23)7-8-20-29(26,27)12-3-5-13(18)14(19)9-12/h3-6,9-10,20,22H,2,7-8H2,1H3,(H,21,23). The van der Waals surface area contributed by atoms with Crippen LogP contribution in [0.15, 0.2) is 46.2 Å². The van der Waals surface area contributed by atoms with Gasteiger partial charge in [0, 0.05) is 13.0 Å². The molecular formula is C17H18F2N2O6S2. The number of halogens is 2. The SMILES string of the molecule is CCS(=O)(=O)c1ccc(O)c(NC(=O)CCNS(=O)(=O)c2ccc(F)c(F)c2)c1. The molecule has 2 rings (SSSR count). The normalized spacial score (nSPS) is 12.0. The van der Waals surface area contributed by atoms with E-state index in [4.69, 9.17) is 0 Å². The molecule has 0 bridgehead atoms. The molecule has 0 atom stereocenters. The van der Waals surface area contributed by atoms with Crippen molar-refractivity contribution in [2.24, 2.45) is 0 Å². The van der Waals surface area contributed by atoms with E-state index in [9.17, 15) is 35.5 Å². The van der Waals surface area contributed by atoms with E-state index in [-0.39, 0.29) is 35.1 Å². The van der Waals surface area contributed by atoms with Crippen molar-refractivity contribution in [2.45, 2.75) is 23.1 Å². The molecule has 1 amide bonds. The topological polar surface area (TPSA) is 130 Å². The number of nitrogens with one attached hydrogen (secondary N) is 2. The molecule has 0 aliphatic carbocycles. The van der Waals surface area contributed by atoms with Gasteiger partial charge in [-0.05, 0) is 36.4 Å². The van der Waals surface area contributed by atoms with Gasteiger partial charge in [-0.1, -0.05) is 6.92 Å². The molecule has 0 spiro atoms. The fourth-order valence-corrected chi connectivity index (χ4v) is 4.16. The van der Waals surface area contributed by atoms with E-state index < -0.39 is 42.3 Å². The Bertz CT molecular complexity index is 1130. The molecule has 0 aliphatic heterocycles. The average molecular weight is 448 g/mol. The van der Waals surface area contributed by atoms with E-state index in [1.165, 1.54) is 13.0 Å². The first-order chi connectivity index (χ1) is 13.5. The first kappa shape index (κ1) is 22.7. The maximum Gasteiger partial charge on any atom is 0.240 e. The van der Waals surface area contributed by atoms with Gasteiger partial charge in [-0.2, -0.15) is 0 Å². The minimum absolute atomic E-state index is 0.0906. The van der Waals surface area contributed by atoms with Crippen molar-refractivity contribution in [3.8, 4) is 5.75 Å². The maximum atomic E-state index is 13.2. The summed E-state index contributed by atoms with van der Waals surface area (Å²) < 4.78 is 76.0. The predicted molar refractivity (Wildman–Crippen MR) is 101 cm³/mol. The van der Waals surface area contributed by atoms with Crippen LogP contribution in [-0.2, 0) is 24.7 Å². The summed E-state index contributed by atoms with van der Waals surface area (Å²) >= 11 is 0. The van der Waals surface area contributed by atoms with Crippen LogP contribution in [0.2, 0.25) is 0 Å². The van der Waals surface area contributed by atoms with E-state index in [1.807, 2.05) is 0 Å². The smallest absolute Gasteiger partial charge is 0.240 e. The summed E-state index contributed by atoms with van der Waals surface area (Å²) in [6.45, 7) is 1.07. The van der Waals surface area contributed by atoms with Gasteiger partial charge in [-0.25, -0.2) is 30.3 Å². The maximum absolute atomic E-state index is 13.2. The van der Waals surface area contributed by atoms with E-state index in [1.54, 1.807) is 0 Å². The third-order valence-corrected chi connectivity index (χ3v) is 7.02. The van der Waals surface area contributed by atoms with Gasteiger partial charge in [-0.15, -0.1) is 0 Å². The minimum Gasteiger partial charge on any atom is -0.506 e. The number of hydrogen-bond donors (Lipinski definition) is 3. The lowest BCUT2D eigenvalue weighted by molar-refractivity contribution is -0.116. The molecule has 29 heavy (non-hydrogen) atoms. The van der Waals surface area contributed by atoms with Crippen LogP contribution in [0.5, 0.6) is 5.75 Å². The van der Waals surface area contributed by atoms with Gasteiger partial charge in [0.1, 0.15) is 5.75 Å². The fraction of sp³-hybridized carbons (Fsp3) is 0.235. The van der Waals surface area contributed by atoms with Crippen LogP contribution in [0, 0.1) is 11.6 Å². The van der Waals surface area contributed by atoms with E-state index in [2.05, 4.69) is 10.0 Å². The summed E-state index contributed by atoms with van der Waals surface area (Å²) in [6.07, 6.45) is -0.368. The molecule has 0 saturated carbocycles. The number of carbonyl (C=O) groups excluding carboxylic acids is 1. The van der Waals surface area contributed by atoms with Gasteiger partial charge in [0.25, 0.3) is 0 Å². The van der Waals surface area contributed by atoms with Gasteiger partial charge in [0.05, 0.1) is 21.2 Å². The van der Waals surface area contributed by atoms with Crippen LogP contribution in [0.3, 0.4) is 0 Å². The van der Waals surface area contributed by atoms with Crippen molar-refractivity contribution in [1.82, 2.24) is 4.72 Å². The Hall–Kier alpha value is -2.57. The molecule has 2 aromatic rings. The number of aromatic hydroxyl groups is 1. The number of hydrogen-bond acceptors (Lipinski definition) is 6. The Morgan fingerprint density at radius 1 is 1.00 bits per heavy atom. The third-order valence-electron chi connectivity index (χ3n) is 3.83. The molecular weight excluding hydrogens is 430 g/mol. The Balaban J connectivity index is 2.01. The number of sulfonamides is 1. The number of phenolic OH excluding ortho intramolecular Hbond substituents is 1. The average Bonchev–Trinajstić information content (AvgIpc) is 2.65. The van der Waals surface area contributed by atoms with Crippen LogP contribution in [0.25, 0.3) is 0 Å². The van der Waals surface area contributed by atoms with Crippen molar-refractivity contribution in [1.29, 1.82) is 0 Å². The molecule has 0 aromatic heterocycles. The van der Waals surface area contributed by atoms with Crippen molar-refractivity contribution in [3.63, 3.8) is 0 Å². The number of sulfone groups is 1. The minimum atomic E-state index is -4.17. The fourth-order valence-electron chi connectivity index (χ4n) is 2.21. The van der Waals surface area contributed by atoms with E-state index >= 15 is 0 Å². The highest BCUT2D eigenvalue weighted by Crippen LogP contribution is 2.27. The van der Waals surface area contributed by atoms with Gasteiger partial charge >= 0.3 is 0 Å². The second-order valence-electron chi connectivity index (χ2n) is 5.85. The Morgan fingerprint density at radius 2 is 1.66 bits per heavy atom. The van der Waals surface area contributed by atoms with Crippen LogP contribution in [0.4, 0.5) is 14.5 Å². The monoisotopic (exact) mass is 448 g/mol. The van der Waals surface area contributed by atoms with Crippen LogP contribution >= 0.6 is 0 Å². The summed E-state index contributed by atoms with van der Waals surface area (Å²) in [7, 11) is -7.73. The van der Waals surface area contributed by atoms with Crippen LogP contribution in [0.1, 0.15) is 13.3 Å². The molecule has 2 aromatic carbocycles. The van der Waals surface area contributed by atoms with E-state index in [0.717, 1.165) is 18.2 Å².